The Kier molecular flexibility index (Phi) is 5.73. The van der Waals surface area contributed by atoms with E-state index in [1.54, 1.807) is 12.3 Å². The van der Waals surface area contributed by atoms with Crippen LogP contribution >= 0.6 is 11.8 Å². The molecule has 0 bridgehead atoms. The fraction of sp³-hybridized carbons (Fsp3) is 0.250. The molecule has 5 nitrogen and oxygen atoms in total. The summed E-state index contributed by atoms with van der Waals surface area (Å²) in [6.45, 7) is 5.74. The van der Waals surface area contributed by atoms with Crippen LogP contribution in [0.15, 0.2) is 54.2 Å². The number of ketones is 1. The van der Waals surface area contributed by atoms with Crippen molar-refractivity contribution in [1.29, 1.82) is 0 Å². The number of aryl methyl sites for hydroxylation is 1. The quantitative estimate of drug-likeness (QED) is 0.761. The number of Topliss-reactive ketones (excluding diaryl/α,β-unsaturated/α-hetero) is 1. The number of carbonyl (C=O) groups is 2. The van der Waals surface area contributed by atoms with Gasteiger partial charge in [0.15, 0.2) is 6.61 Å². The number of nitrogens with zero attached hydrogens (tertiary/aromatic N) is 1. The van der Waals surface area contributed by atoms with E-state index in [0.29, 0.717) is 22.9 Å². The number of rotatable bonds is 7. The number of benzene rings is 1. The average molecular weight is 368 g/mol. The van der Waals surface area contributed by atoms with E-state index in [-0.39, 0.29) is 23.5 Å². The van der Waals surface area contributed by atoms with Crippen LogP contribution in [0.25, 0.3) is 0 Å². The Balaban J connectivity index is 1.53. The van der Waals surface area contributed by atoms with Gasteiger partial charge in [-0.2, -0.15) is 0 Å². The highest BCUT2D eigenvalue weighted by molar-refractivity contribution is 8.04. The van der Waals surface area contributed by atoms with Gasteiger partial charge in [-0.1, -0.05) is 43.5 Å². The molecule has 1 saturated heterocycles. The number of pyridine rings is 1. The molecular weight excluding hydrogens is 348 g/mol. The van der Waals surface area contributed by atoms with Crippen LogP contribution in [0.3, 0.4) is 0 Å². The molecule has 2 heterocycles. The van der Waals surface area contributed by atoms with E-state index in [4.69, 9.17) is 4.74 Å². The summed E-state index contributed by atoms with van der Waals surface area (Å²) in [6.07, 6.45) is 3.23. The predicted octanol–water partition coefficient (Wildman–Crippen LogP) is 3.15. The van der Waals surface area contributed by atoms with E-state index >= 15 is 0 Å². The number of carbonyl (C=O) groups excluding carboxylic acids is 2. The summed E-state index contributed by atoms with van der Waals surface area (Å²) in [5.74, 6) is 0.446. The number of thioether (sulfide) groups is 1. The Morgan fingerprint density at radius 3 is 2.54 bits per heavy atom. The first kappa shape index (κ1) is 18.2. The highest BCUT2D eigenvalue weighted by Crippen LogP contribution is 2.28. The van der Waals surface area contributed by atoms with Crippen molar-refractivity contribution >= 4 is 23.5 Å². The van der Waals surface area contributed by atoms with Crippen molar-refractivity contribution < 1.29 is 14.3 Å². The molecule has 0 spiro atoms. The van der Waals surface area contributed by atoms with Crippen molar-refractivity contribution in [1.82, 2.24) is 10.3 Å². The number of hydrogen-bond acceptors (Lipinski definition) is 5. The fourth-order valence-corrected chi connectivity index (χ4v) is 3.51. The molecule has 1 amide bonds. The van der Waals surface area contributed by atoms with Gasteiger partial charge >= 0.3 is 0 Å². The van der Waals surface area contributed by atoms with Gasteiger partial charge in [-0.25, -0.2) is 0 Å². The van der Waals surface area contributed by atoms with Crippen LogP contribution in [0, 0.1) is 0 Å². The Morgan fingerprint density at radius 1 is 1.23 bits per heavy atom. The van der Waals surface area contributed by atoms with E-state index < -0.39 is 0 Å². The molecule has 1 aliphatic heterocycles. The maximum Gasteiger partial charge on any atom is 0.238 e. The molecule has 0 saturated carbocycles. The topological polar surface area (TPSA) is 68.3 Å². The first-order chi connectivity index (χ1) is 12.5. The third-order valence-corrected chi connectivity index (χ3v) is 5.12. The molecule has 3 rings (SSSR count). The van der Waals surface area contributed by atoms with Crippen molar-refractivity contribution in [3.05, 3.63) is 71.0 Å². The van der Waals surface area contributed by atoms with Crippen molar-refractivity contribution in [2.24, 2.45) is 0 Å². The standard InChI is InChI=1S/C20H20N2O3S/c1-3-14-6-9-17(21-11-14)18(23)12-25-16-7-4-15(5-8-16)10-19-20(24)22-13(2)26-19/h4-9,11,19H,2-3,10,12H2,1H3,(H,22,24)/t19-/m0/s1. The summed E-state index contributed by atoms with van der Waals surface area (Å²) < 4.78 is 5.55. The molecule has 1 fully saturated rings. The average Bonchev–Trinajstić information content (AvgIpc) is 2.98. The summed E-state index contributed by atoms with van der Waals surface area (Å²) in [5, 5.41) is 3.26. The van der Waals surface area contributed by atoms with Gasteiger partial charge in [0, 0.05) is 6.20 Å². The van der Waals surface area contributed by atoms with Crippen LogP contribution in [0.1, 0.15) is 28.5 Å². The van der Waals surface area contributed by atoms with E-state index in [0.717, 1.165) is 17.5 Å². The molecule has 6 heteroatoms. The van der Waals surface area contributed by atoms with Crippen molar-refractivity contribution in [3.63, 3.8) is 0 Å². The van der Waals surface area contributed by atoms with Gasteiger partial charge in [0.05, 0.1) is 10.3 Å². The fourth-order valence-electron chi connectivity index (χ4n) is 2.56. The molecule has 1 N–H and O–H groups in total. The Hall–Kier alpha value is -2.60. The number of amides is 1. The Bertz CT molecular complexity index is 816. The van der Waals surface area contributed by atoms with E-state index in [2.05, 4.69) is 16.9 Å². The lowest BCUT2D eigenvalue weighted by atomic mass is 10.1. The maximum atomic E-state index is 12.1. The molecule has 1 aromatic heterocycles. The van der Waals surface area contributed by atoms with Crippen molar-refractivity contribution in [2.45, 2.75) is 25.0 Å². The highest BCUT2D eigenvalue weighted by atomic mass is 32.2. The van der Waals surface area contributed by atoms with Gasteiger partial charge in [-0.05, 0) is 42.2 Å². The minimum Gasteiger partial charge on any atom is -0.485 e. The van der Waals surface area contributed by atoms with Crippen LogP contribution in [0.2, 0.25) is 0 Å². The lowest BCUT2D eigenvalue weighted by Gasteiger charge is -2.08. The SMILES string of the molecule is C=C1NC(=O)[C@H](Cc2ccc(OCC(=O)c3ccc(CC)cn3)cc2)S1. The van der Waals surface area contributed by atoms with Crippen LogP contribution in [-0.2, 0) is 17.6 Å². The zero-order valence-corrected chi connectivity index (χ0v) is 15.3. The van der Waals surface area contributed by atoms with Gasteiger partial charge in [-0.15, -0.1) is 0 Å². The summed E-state index contributed by atoms with van der Waals surface area (Å²) in [7, 11) is 0. The first-order valence-corrected chi connectivity index (χ1v) is 9.29. The Morgan fingerprint density at radius 2 is 1.96 bits per heavy atom. The summed E-state index contributed by atoms with van der Waals surface area (Å²) in [5.41, 5.74) is 2.53. The summed E-state index contributed by atoms with van der Waals surface area (Å²) in [6, 6.07) is 11.1. The lowest BCUT2D eigenvalue weighted by molar-refractivity contribution is -0.119. The number of hydrogen-bond donors (Lipinski definition) is 1. The first-order valence-electron chi connectivity index (χ1n) is 8.41. The van der Waals surface area contributed by atoms with Gasteiger partial charge in [0.1, 0.15) is 11.4 Å². The molecule has 0 aliphatic carbocycles. The third-order valence-electron chi connectivity index (χ3n) is 4.07. The van der Waals surface area contributed by atoms with E-state index in [1.807, 2.05) is 37.3 Å². The second-order valence-electron chi connectivity index (χ2n) is 5.98. The summed E-state index contributed by atoms with van der Waals surface area (Å²) >= 11 is 1.45. The minimum atomic E-state index is -0.158. The monoisotopic (exact) mass is 368 g/mol. The van der Waals surface area contributed by atoms with Crippen LogP contribution in [0.5, 0.6) is 5.75 Å². The van der Waals surface area contributed by atoms with Crippen LogP contribution < -0.4 is 10.1 Å². The molecule has 1 aliphatic rings. The van der Waals surface area contributed by atoms with Crippen LogP contribution in [0.4, 0.5) is 0 Å². The molecule has 0 radical (unpaired) electrons. The van der Waals surface area contributed by atoms with E-state index in [9.17, 15) is 9.59 Å². The number of aromatic nitrogens is 1. The molecule has 1 atom stereocenters. The number of ether oxygens (including phenoxy) is 1. The maximum absolute atomic E-state index is 12.1. The van der Waals surface area contributed by atoms with Gasteiger partial charge < -0.3 is 10.1 Å². The normalized spacial score (nSPS) is 16.4. The second-order valence-corrected chi connectivity index (χ2v) is 7.28. The van der Waals surface area contributed by atoms with Gasteiger partial charge in [0.25, 0.3) is 0 Å². The molecule has 26 heavy (non-hydrogen) atoms. The predicted molar refractivity (Wildman–Crippen MR) is 102 cm³/mol. The number of nitrogens with one attached hydrogen (secondary N) is 1. The molecular formula is C20H20N2O3S. The molecule has 134 valence electrons. The van der Waals surface area contributed by atoms with Crippen molar-refractivity contribution in [3.8, 4) is 5.75 Å². The second kappa shape index (κ2) is 8.19. The van der Waals surface area contributed by atoms with Gasteiger partial charge in [0.2, 0.25) is 11.7 Å². The van der Waals surface area contributed by atoms with Crippen molar-refractivity contribution in [2.75, 3.05) is 6.61 Å². The zero-order valence-electron chi connectivity index (χ0n) is 14.5. The Labute approximate surface area is 156 Å². The van der Waals surface area contributed by atoms with E-state index in [1.165, 1.54) is 11.8 Å². The zero-order chi connectivity index (χ0) is 18.5. The van der Waals surface area contributed by atoms with Gasteiger partial charge in [-0.3, -0.25) is 14.6 Å². The molecule has 0 unspecified atom stereocenters. The largest absolute Gasteiger partial charge is 0.485 e. The highest BCUT2D eigenvalue weighted by Gasteiger charge is 2.27. The smallest absolute Gasteiger partial charge is 0.238 e. The third kappa shape index (κ3) is 4.52. The molecule has 2 aromatic rings. The molecule has 1 aromatic carbocycles. The lowest BCUT2D eigenvalue weighted by Crippen LogP contribution is -2.23. The van der Waals surface area contributed by atoms with Crippen LogP contribution in [-0.4, -0.2) is 28.5 Å². The summed E-state index contributed by atoms with van der Waals surface area (Å²) in [4.78, 5) is 28.1. The minimum absolute atomic E-state index is 0.00693.